The molecule has 2 aromatic rings. The number of hydrazone groups is 1. The smallest absolute Gasteiger partial charge is 0.271 e. The third-order valence-electron chi connectivity index (χ3n) is 4.08. The highest BCUT2D eigenvalue weighted by Gasteiger charge is 2.17. The van der Waals surface area contributed by atoms with Crippen molar-refractivity contribution in [2.45, 2.75) is 33.2 Å². The van der Waals surface area contributed by atoms with Gasteiger partial charge in [0.05, 0.1) is 17.5 Å². The van der Waals surface area contributed by atoms with Crippen LogP contribution in [0.15, 0.2) is 55.6 Å². The first kappa shape index (κ1) is 21.3. The molecule has 0 amide bonds. The van der Waals surface area contributed by atoms with Crippen LogP contribution in [0.2, 0.25) is 0 Å². The van der Waals surface area contributed by atoms with Gasteiger partial charge in [-0.15, -0.1) is 0 Å². The number of benzene rings is 1. The van der Waals surface area contributed by atoms with Crippen LogP contribution in [0.3, 0.4) is 0 Å². The second kappa shape index (κ2) is 10.4. The van der Waals surface area contributed by atoms with E-state index in [4.69, 9.17) is 5.84 Å². The Labute approximate surface area is 167 Å². The van der Waals surface area contributed by atoms with E-state index >= 15 is 0 Å². The Hall–Kier alpha value is -4.00. The van der Waals surface area contributed by atoms with Crippen molar-refractivity contribution < 1.29 is 5.11 Å². The van der Waals surface area contributed by atoms with E-state index in [1.807, 2.05) is 31.2 Å². The van der Waals surface area contributed by atoms with E-state index in [0.717, 1.165) is 6.42 Å². The molecular formula is C19H22N8O2. The normalized spacial score (nSPS) is 11.8. The van der Waals surface area contributed by atoms with Crippen LogP contribution in [0.4, 0.5) is 5.69 Å². The zero-order valence-electron chi connectivity index (χ0n) is 16.2. The lowest BCUT2D eigenvalue weighted by molar-refractivity contribution is 0.399. The van der Waals surface area contributed by atoms with Crippen molar-refractivity contribution >= 4 is 17.9 Å². The predicted octanol–water partition coefficient (Wildman–Crippen LogP) is 2.47. The van der Waals surface area contributed by atoms with Crippen molar-refractivity contribution in [3.63, 3.8) is 0 Å². The van der Waals surface area contributed by atoms with Crippen LogP contribution >= 0.6 is 0 Å². The molecule has 1 heterocycles. The summed E-state index contributed by atoms with van der Waals surface area (Å²) in [5.74, 6) is 4.87. The molecule has 1 aromatic carbocycles. The second-order valence-electron chi connectivity index (χ2n) is 6.02. The number of nitrogens with two attached hydrogens (primary N) is 1. The maximum Gasteiger partial charge on any atom is 0.271 e. The van der Waals surface area contributed by atoms with Gasteiger partial charge in [-0.25, -0.2) is 10.4 Å². The van der Waals surface area contributed by atoms with Crippen LogP contribution in [0.5, 0.6) is 5.88 Å². The Kier molecular flexibility index (Phi) is 7.61. The molecule has 0 radical (unpaired) electrons. The number of aromatic hydroxyl groups is 1. The van der Waals surface area contributed by atoms with E-state index in [0.29, 0.717) is 24.2 Å². The van der Waals surface area contributed by atoms with Crippen molar-refractivity contribution in [1.82, 2.24) is 9.99 Å². The summed E-state index contributed by atoms with van der Waals surface area (Å²) in [6, 6.07) is 10.9. The monoisotopic (exact) mass is 394 g/mol. The average molecular weight is 394 g/mol. The molecule has 0 spiro atoms. The minimum Gasteiger partial charge on any atom is -0.494 e. The molecule has 0 aliphatic heterocycles. The van der Waals surface area contributed by atoms with Crippen LogP contribution in [-0.4, -0.2) is 21.8 Å². The van der Waals surface area contributed by atoms with E-state index in [-0.39, 0.29) is 23.0 Å². The summed E-state index contributed by atoms with van der Waals surface area (Å²) in [7, 11) is 0. The first-order valence-electron chi connectivity index (χ1n) is 8.93. The summed E-state index contributed by atoms with van der Waals surface area (Å²) in [6.45, 7) is 3.84. The third-order valence-corrected chi connectivity index (χ3v) is 4.08. The number of nitriles is 1. The predicted molar refractivity (Wildman–Crippen MR) is 110 cm³/mol. The molecule has 1 aromatic heterocycles. The molecule has 0 atom stereocenters. The molecule has 0 fully saturated rings. The van der Waals surface area contributed by atoms with Crippen molar-refractivity contribution in [3.05, 3.63) is 57.4 Å². The van der Waals surface area contributed by atoms with E-state index in [9.17, 15) is 15.2 Å². The summed E-state index contributed by atoms with van der Waals surface area (Å²) < 4.78 is 1.18. The number of hydrogen-bond acceptors (Lipinski definition) is 6. The Balaban J connectivity index is 2.39. The molecule has 0 unspecified atom stereocenters. The number of rotatable bonds is 6. The van der Waals surface area contributed by atoms with Gasteiger partial charge in [-0.2, -0.15) is 10.4 Å². The van der Waals surface area contributed by atoms with Gasteiger partial charge in [-0.05, 0) is 31.0 Å². The van der Waals surface area contributed by atoms with Gasteiger partial charge in [0.25, 0.3) is 11.5 Å². The van der Waals surface area contributed by atoms with E-state index in [1.165, 1.54) is 10.8 Å². The van der Waals surface area contributed by atoms with Gasteiger partial charge in [0, 0.05) is 6.54 Å². The highest BCUT2D eigenvalue weighted by molar-refractivity contribution is 5.88. The van der Waals surface area contributed by atoms with Crippen molar-refractivity contribution in [2.24, 2.45) is 26.3 Å². The minimum absolute atomic E-state index is 0.0203. The molecule has 10 nitrogen and oxygen atoms in total. The molecule has 0 aliphatic rings. The number of pyridine rings is 1. The van der Waals surface area contributed by atoms with Gasteiger partial charge >= 0.3 is 0 Å². The topological polar surface area (TPSA) is 154 Å². The summed E-state index contributed by atoms with van der Waals surface area (Å²) in [5, 5.41) is 30.8. The molecule has 4 N–H and O–H groups in total. The van der Waals surface area contributed by atoms with Gasteiger partial charge in [0.2, 0.25) is 5.88 Å². The quantitative estimate of drug-likeness (QED) is 0.226. The van der Waals surface area contributed by atoms with Crippen molar-refractivity contribution in [1.29, 1.82) is 5.26 Å². The van der Waals surface area contributed by atoms with E-state index < -0.39 is 5.56 Å². The first-order valence-corrected chi connectivity index (χ1v) is 8.93. The largest absolute Gasteiger partial charge is 0.494 e. The van der Waals surface area contributed by atoms with E-state index in [2.05, 4.69) is 25.9 Å². The molecule has 0 aliphatic carbocycles. The fourth-order valence-electron chi connectivity index (χ4n) is 2.55. The van der Waals surface area contributed by atoms with Crippen molar-refractivity contribution in [3.8, 4) is 11.9 Å². The first-order chi connectivity index (χ1) is 14.0. The highest BCUT2D eigenvalue weighted by atomic mass is 16.3. The fourth-order valence-corrected chi connectivity index (χ4v) is 2.55. The van der Waals surface area contributed by atoms with Crippen LogP contribution in [0.1, 0.15) is 36.5 Å². The van der Waals surface area contributed by atoms with Gasteiger partial charge in [-0.1, -0.05) is 41.9 Å². The SMILES string of the molecule is CCCCn1c(O)c(C=NNC(N=NN)=Nc2ccccc2)c(C)c(C#N)c1=O. The number of hydrogen-bond donors (Lipinski definition) is 3. The van der Waals surface area contributed by atoms with Crippen molar-refractivity contribution in [2.75, 3.05) is 0 Å². The van der Waals surface area contributed by atoms with Crippen LogP contribution in [-0.2, 0) is 6.54 Å². The minimum atomic E-state index is -0.524. The summed E-state index contributed by atoms with van der Waals surface area (Å²) in [6.07, 6.45) is 2.80. The highest BCUT2D eigenvalue weighted by Crippen LogP contribution is 2.20. The lowest BCUT2D eigenvalue weighted by atomic mass is 10.1. The molecule has 0 saturated heterocycles. The van der Waals surface area contributed by atoms with Gasteiger partial charge in [0.15, 0.2) is 0 Å². The standard InChI is InChI=1S/C19H22N8O2/c1-3-4-10-27-17(28)15(11-20)13(2)16(18(27)29)12-22-24-19(25-26-21)23-14-8-6-5-7-9-14/h5-9,12,29H,3-4,10H2,1-2H3,(H3,21,23,24,25). The van der Waals surface area contributed by atoms with Gasteiger partial charge < -0.3 is 10.9 Å². The Morgan fingerprint density at radius 2 is 2.10 bits per heavy atom. The third kappa shape index (κ3) is 5.26. The number of nitrogens with zero attached hydrogens (tertiary/aromatic N) is 6. The number of guanidine groups is 1. The molecule has 10 heteroatoms. The van der Waals surface area contributed by atoms with Gasteiger partial charge in [-0.3, -0.25) is 9.36 Å². The number of para-hydroxylation sites is 1. The molecule has 2 rings (SSSR count). The Morgan fingerprint density at radius 1 is 1.38 bits per heavy atom. The molecule has 0 bridgehead atoms. The zero-order chi connectivity index (χ0) is 21.2. The maximum atomic E-state index is 12.4. The Bertz CT molecular complexity index is 1030. The number of aromatic nitrogens is 1. The number of unbranched alkanes of at least 4 members (excludes halogenated alkanes) is 1. The second-order valence-corrected chi connectivity index (χ2v) is 6.02. The van der Waals surface area contributed by atoms with Crippen LogP contribution < -0.4 is 16.8 Å². The molecular weight excluding hydrogens is 372 g/mol. The maximum absolute atomic E-state index is 12.4. The Morgan fingerprint density at radius 3 is 2.72 bits per heavy atom. The zero-order valence-corrected chi connectivity index (χ0v) is 16.2. The summed E-state index contributed by atoms with van der Waals surface area (Å²) >= 11 is 0. The summed E-state index contributed by atoms with van der Waals surface area (Å²) in [5.41, 5.74) is 3.20. The number of nitrogens with one attached hydrogen (secondary N) is 1. The lowest BCUT2D eigenvalue weighted by Crippen LogP contribution is -2.25. The molecule has 0 saturated carbocycles. The van der Waals surface area contributed by atoms with E-state index in [1.54, 1.807) is 19.1 Å². The fraction of sp³-hybridized carbons (Fsp3) is 0.263. The summed E-state index contributed by atoms with van der Waals surface area (Å²) in [4.78, 5) is 16.6. The lowest BCUT2D eigenvalue weighted by Gasteiger charge is -2.13. The number of aliphatic imine (C=N–C) groups is 1. The molecule has 150 valence electrons. The average Bonchev–Trinajstić information content (AvgIpc) is 2.71. The van der Waals surface area contributed by atoms with Gasteiger partial charge in [0.1, 0.15) is 11.6 Å². The molecule has 29 heavy (non-hydrogen) atoms. The van der Waals surface area contributed by atoms with Crippen LogP contribution in [0, 0.1) is 18.3 Å². The van der Waals surface area contributed by atoms with Crippen LogP contribution in [0.25, 0.3) is 0 Å².